The van der Waals surface area contributed by atoms with Gasteiger partial charge < -0.3 is 46.8 Å². The number of hydrogen-bond donors (Lipinski definition) is 4. The second kappa shape index (κ2) is 11.4. The van der Waals surface area contributed by atoms with Gasteiger partial charge in [0, 0.05) is 18.9 Å². The normalized spacial score (nSPS) is 13.5. The molecule has 0 aliphatic heterocycles. The van der Waals surface area contributed by atoms with Crippen LogP contribution in [0.4, 0.5) is 0 Å². The van der Waals surface area contributed by atoms with Crippen LogP contribution in [0.1, 0.15) is 25.7 Å². The van der Waals surface area contributed by atoms with Gasteiger partial charge in [0.05, 0.1) is 12.4 Å². The van der Waals surface area contributed by atoms with Crippen LogP contribution in [0.25, 0.3) is 0 Å². The molecule has 0 aromatic heterocycles. The van der Waals surface area contributed by atoms with Gasteiger partial charge in [0.25, 0.3) is 0 Å². The van der Waals surface area contributed by atoms with Crippen molar-refractivity contribution in [2.75, 3.05) is 6.54 Å². The Morgan fingerprint density at radius 2 is 1.72 bits per heavy atom. The summed E-state index contributed by atoms with van der Waals surface area (Å²) in [6, 6.07) is -1.22. The Bertz CT molecular complexity index is 537. The molecule has 13 heteroatoms. The van der Waals surface area contributed by atoms with Crippen molar-refractivity contribution in [2.24, 2.45) is 22.2 Å². The zero-order chi connectivity index (χ0) is 18.9. The van der Waals surface area contributed by atoms with Crippen molar-refractivity contribution in [1.29, 1.82) is 0 Å². The van der Waals surface area contributed by atoms with Gasteiger partial charge in [-0.25, -0.2) is 4.79 Å². The molecule has 12 nitrogen and oxygen atoms in total. The Balaban J connectivity index is 0. The van der Waals surface area contributed by atoms with Crippen molar-refractivity contribution in [1.82, 2.24) is 0 Å². The van der Waals surface area contributed by atoms with E-state index in [2.05, 4.69) is 9.73 Å². The number of nitrogens with two attached hydrogens (primary N) is 3. The molecule has 0 fully saturated rings. The minimum absolute atomic E-state index is 0. The van der Waals surface area contributed by atoms with Crippen LogP contribution in [0.2, 0.25) is 0 Å². The van der Waals surface area contributed by atoms with Crippen LogP contribution in [-0.2, 0) is 43.4 Å². The first-order valence-corrected chi connectivity index (χ1v) is 6.67. The Morgan fingerprint density at radius 1 is 1.16 bits per heavy atom. The van der Waals surface area contributed by atoms with E-state index >= 15 is 0 Å². The number of aliphatic hydroxyl groups is 1. The van der Waals surface area contributed by atoms with Crippen LogP contribution in [-0.4, -0.2) is 53.1 Å². The molecule has 0 amide bonds. The monoisotopic (exact) mass is 410 g/mol. The predicted octanol–water partition coefficient (Wildman–Crippen LogP) is -5.55. The van der Waals surface area contributed by atoms with E-state index in [1.54, 1.807) is 0 Å². The number of aliphatic imine (C=N–C) groups is 1. The molecule has 7 N–H and O–H groups in total. The Morgan fingerprint density at radius 3 is 2.16 bits per heavy atom. The Labute approximate surface area is 155 Å². The van der Waals surface area contributed by atoms with Crippen molar-refractivity contribution in [3.05, 3.63) is 0 Å². The number of carboxylic acids is 2. The van der Waals surface area contributed by atoms with Crippen molar-refractivity contribution < 1.29 is 58.7 Å². The van der Waals surface area contributed by atoms with Crippen molar-refractivity contribution in [3.63, 3.8) is 0 Å². The third-order valence-electron chi connectivity index (χ3n) is 2.74. The summed E-state index contributed by atoms with van der Waals surface area (Å²) in [4.78, 5) is 47.8. The van der Waals surface area contributed by atoms with Crippen molar-refractivity contribution >= 4 is 29.8 Å². The van der Waals surface area contributed by atoms with Crippen LogP contribution in [0, 0.1) is 0 Å². The maximum Gasteiger partial charge on any atom is 2.00 e. The standard InChI is InChI=1S/C12H20N4O8.Zn/c13-6(2-1-3-16-11(14)15)9(20)24-8(19)5-12(23,10(21)22)4-7(17)18;/h6,23H,1-5,13H2,(H,17,18)(H,21,22)(H4,14,15,16);/q;+2/p-2/t6-,12?;/m0./s1. The molecule has 0 aromatic rings. The molecule has 0 spiro atoms. The molecule has 1 unspecified atom stereocenters. The number of ether oxygens (including phenoxy) is 1. The second-order valence-electron chi connectivity index (χ2n) is 4.89. The first-order valence-electron chi connectivity index (χ1n) is 6.67. The number of rotatable bonds is 10. The quantitative estimate of drug-likeness (QED) is 0.0660. The van der Waals surface area contributed by atoms with Gasteiger partial charge in [-0.3, -0.25) is 9.79 Å². The van der Waals surface area contributed by atoms with Crippen LogP contribution in [0.3, 0.4) is 0 Å². The summed E-state index contributed by atoms with van der Waals surface area (Å²) in [5.74, 6) is -6.96. The second-order valence-corrected chi connectivity index (χ2v) is 4.89. The van der Waals surface area contributed by atoms with Gasteiger partial charge in [-0.2, -0.15) is 0 Å². The summed E-state index contributed by atoms with van der Waals surface area (Å²) in [5, 5.41) is 30.7. The minimum atomic E-state index is -3.06. The maximum atomic E-state index is 11.5. The third kappa shape index (κ3) is 10.4. The van der Waals surface area contributed by atoms with Gasteiger partial charge in [0.15, 0.2) is 5.96 Å². The summed E-state index contributed by atoms with van der Waals surface area (Å²) >= 11 is 0. The Kier molecular flexibility index (Phi) is 11.5. The molecule has 136 valence electrons. The number of esters is 2. The van der Waals surface area contributed by atoms with Gasteiger partial charge in [-0.05, 0) is 12.8 Å². The van der Waals surface area contributed by atoms with Crippen molar-refractivity contribution in [3.8, 4) is 0 Å². The average molecular weight is 412 g/mol. The van der Waals surface area contributed by atoms with E-state index in [-0.39, 0.29) is 38.4 Å². The first-order chi connectivity index (χ1) is 11.0. The molecule has 0 aliphatic carbocycles. The van der Waals surface area contributed by atoms with Crippen LogP contribution in [0.15, 0.2) is 4.99 Å². The topological polar surface area (TPSA) is 234 Å². The number of carbonyl (C=O) groups excluding carboxylic acids is 4. The largest absolute Gasteiger partial charge is 2.00 e. The molecule has 0 radical (unpaired) electrons. The van der Waals surface area contributed by atoms with Crippen LogP contribution >= 0.6 is 0 Å². The molecule has 0 bridgehead atoms. The fourth-order valence-electron chi connectivity index (χ4n) is 1.55. The van der Waals surface area contributed by atoms with E-state index in [0.29, 0.717) is 6.42 Å². The van der Waals surface area contributed by atoms with Gasteiger partial charge >= 0.3 is 31.4 Å². The molecule has 0 aromatic carbocycles. The van der Waals surface area contributed by atoms with Crippen LogP contribution < -0.4 is 27.4 Å². The van der Waals surface area contributed by atoms with E-state index in [4.69, 9.17) is 17.2 Å². The molecule has 0 saturated carbocycles. The molecule has 0 heterocycles. The molecular weight excluding hydrogens is 394 g/mol. The molecule has 2 atom stereocenters. The van der Waals surface area contributed by atoms with E-state index < -0.39 is 48.4 Å². The molecular formula is C12H18N4O8Zn. The fraction of sp³-hybridized carbons (Fsp3) is 0.583. The van der Waals surface area contributed by atoms with E-state index in [1.807, 2.05) is 0 Å². The van der Waals surface area contributed by atoms with Gasteiger partial charge in [-0.15, -0.1) is 0 Å². The first kappa shape index (κ1) is 25.1. The zero-order valence-electron chi connectivity index (χ0n) is 13.3. The van der Waals surface area contributed by atoms with Gasteiger partial charge in [0.2, 0.25) is 0 Å². The SMILES string of the molecule is NC(N)=NCCC[C@H](N)C(=O)OC(=O)CC(O)(CC(=O)[O-])C(=O)[O-].[Zn+2]. The summed E-state index contributed by atoms with van der Waals surface area (Å²) in [6.07, 6.45) is -2.37. The maximum absolute atomic E-state index is 11.5. The summed E-state index contributed by atoms with van der Waals surface area (Å²) in [7, 11) is 0. The van der Waals surface area contributed by atoms with Gasteiger partial charge in [-0.1, -0.05) is 0 Å². The number of hydrogen-bond acceptors (Lipinski definition) is 10. The molecule has 25 heavy (non-hydrogen) atoms. The fourth-order valence-corrected chi connectivity index (χ4v) is 1.55. The molecule has 0 rings (SSSR count). The molecule has 0 aliphatic rings. The third-order valence-corrected chi connectivity index (χ3v) is 2.74. The van der Waals surface area contributed by atoms with E-state index in [0.717, 1.165) is 0 Å². The number of guanidine groups is 1. The predicted molar refractivity (Wildman–Crippen MR) is 73.2 cm³/mol. The number of carboxylic acid groups (broad SMARTS) is 2. The van der Waals surface area contributed by atoms with E-state index in [9.17, 15) is 34.5 Å². The Hall–Kier alpha value is -2.11. The number of aliphatic carboxylic acids is 2. The number of carbonyl (C=O) groups is 4. The zero-order valence-corrected chi connectivity index (χ0v) is 16.3. The van der Waals surface area contributed by atoms with Gasteiger partial charge in [0.1, 0.15) is 11.6 Å². The summed E-state index contributed by atoms with van der Waals surface area (Å²) < 4.78 is 4.27. The summed E-state index contributed by atoms with van der Waals surface area (Å²) in [5.41, 5.74) is 12.6. The van der Waals surface area contributed by atoms with E-state index in [1.165, 1.54) is 0 Å². The van der Waals surface area contributed by atoms with Crippen molar-refractivity contribution in [2.45, 2.75) is 37.3 Å². The average Bonchev–Trinajstić information content (AvgIpc) is 2.41. The number of nitrogens with zero attached hydrogens (tertiary/aromatic N) is 1. The minimum Gasteiger partial charge on any atom is -0.550 e. The van der Waals surface area contributed by atoms with Crippen LogP contribution in [0.5, 0.6) is 0 Å². The smallest absolute Gasteiger partial charge is 0.550 e. The summed E-state index contributed by atoms with van der Waals surface area (Å²) in [6.45, 7) is 0.188. The molecule has 0 saturated heterocycles.